The van der Waals surface area contributed by atoms with Gasteiger partial charge in [-0.15, -0.1) is 0 Å². The summed E-state index contributed by atoms with van der Waals surface area (Å²) >= 11 is 3.25. The lowest BCUT2D eigenvalue weighted by atomic mass is 10.2. The Bertz CT molecular complexity index is 1140. The van der Waals surface area contributed by atoms with E-state index in [1.807, 2.05) is 0 Å². The molecule has 2 N–H and O–H groups in total. The largest absolute Gasteiger partial charge is 0.322 e. The van der Waals surface area contributed by atoms with Gasteiger partial charge >= 0.3 is 0 Å². The number of benzene rings is 2. The molecule has 0 spiro atoms. The molecule has 3 aromatic rings. The summed E-state index contributed by atoms with van der Waals surface area (Å²) in [6.45, 7) is 1.64. The molecular formula is C19H15BrFN3O3S. The lowest BCUT2D eigenvalue weighted by Gasteiger charge is -2.13. The van der Waals surface area contributed by atoms with E-state index in [9.17, 15) is 17.6 Å². The minimum Gasteiger partial charge on any atom is -0.322 e. The smallest absolute Gasteiger partial charge is 0.262 e. The van der Waals surface area contributed by atoms with Crippen LogP contribution in [0.25, 0.3) is 0 Å². The average molecular weight is 464 g/mol. The molecule has 1 aromatic heterocycles. The zero-order chi connectivity index (χ0) is 20.3. The molecule has 0 unspecified atom stereocenters. The first kappa shape index (κ1) is 20.0. The quantitative estimate of drug-likeness (QED) is 0.588. The number of hydrogen-bond acceptors (Lipinski definition) is 4. The Hall–Kier alpha value is -2.78. The average Bonchev–Trinajstić information content (AvgIpc) is 2.65. The van der Waals surface area contributed by atoms with E-state index in [1.54, 1.807) is 31.3 Å². The van der Waals surface area contributed by atoms with E-state index in [0.29, 0.717) is 21.3 Å². The van der Waals surface area contributed by atoms with Crippen LogP contribution in [-0.4, -0.2) is 19.3 Å². The molecule has 0 aliphatic rings. The summed E-state index contributed by atoms with van der Waals surface area (Å²) in [7, 11) is -3.93. The van der Waals surface area contributed by atoms with Crippen LogP contribution in [0.4, 0.5) is 15.8 Å². The number of nitrogens with zero attached hydrogens (tertiary/aromatic N) is 1. The second kappa shape index (κ2) is 8.07. The molecule has 0 bridgehead atoms. The van der Waals surface area contributed by atoms with Crippen molar-refractivity contribution in [1.82, 2.24) is 4.98 Å². The van der Waals surface area contributed by atoms with Crippen molar-refractivity contribution in [3.63, 3.8) is 0 Å². The van der Waals surface area contributed by atoms with Crippen LogP contribution in [0, 0.1) is 12.7 Å². The number of anilines is 2. The Labute approximate surface area is 170 Å². The van der Waals surface area contributed by atoms with Gasteiger partial charge in [-0.2, -0.15) is 0 Å². The Morgan fingerprint density at radius 1 is 1.04 bits per heavy atom. The standard InChI is InChI=1S/C19H15BrFN3O3S/c1-12-2-5-17(23-19(25)13-8-14(20)11-22-10-13)9-18(12)28(26,27)24-16-6-3-15(21)4-7-16/h2-11,24H,1H3,(H,23,25). The third kappa shape index (κ3) is 4.73. The van der Waals surface area contributed by atoms with Crippen molar-refractivity contribution in [3.05, 3.63) is 82.3 Å². The van der Waals surface area contributed by atoms with Gasteiger partial charge in [0.25, 0.3) is 15.9 Å². The van der Waals surface area contributed by atoms with Gasteiger partial charge in [0.2, 0.25) is 0 Å². The van der Waals surface area contributed by atoms with Crippen LogP contribution in [0.5, 0.6) is 0 Å². The van der Waals surface area contributed by atoms with Crippen LogP contribution < -0.4 is 10.0 Å². The molecule has 0 saturated carbocycles. The summed E-state index contributed by atoms with van der Waals surface area (Å²) in [5.41, 5.74) is 1.37. The van der Waals surface area contributed by atoms with E-state index in [2.05, 4.69) is 31.0 Å². The Morgan fingerprint density at radius 3 is 2.39 bits per heavy atom. The number of carbonyl (C=O) groups excluding carboxylic acids is 1. The molecule has 0 aliphatic carbocycles. The topological polar surface area (TPSA) is 88.2 Å². The summed E-state index contributed by atoms with van der Waals surface area (Å²) in [4.78, 5) is 16.3. The molecular weight excluding hydrogens is 449 g/mol. The monoisotopic (exact) mass is 463 g/mol. The number of halogens is 2. The summed E-state index contributed by atoms with van der Waals surface area (Å²) in [5.74, 6) is -0.890. The van der Waals surface area contributed by atoms with Crippen LogP contribution >= 0.6 is 15.9 Å². The molecule has 0 atom stereocenters. The molecule has 6 nitrogen and oxygen atoms in total. The zero-order valence-corrected chi connectivity index (χ0v) is 17.0. The van der Waals surface area contributed by atoms with E-state index in [-0.39, 0.29) is 10.6 Å². The van der Waals surface area contributed by atoms with Crippen molar-refractivity contribution in [3.8, 4) is 0 Å². The minimum atomic E-state index is -3.93. The van der Waals surface area contributed by atoms with Crippen LogP contribution in [0.3, 0.4) is 0 Å². The van der Waals surface area contributed by atoms with Crippen molar-refractivity contribution >= 4 is 43.2 Å². The number of aryl methyl sites for hydroxylation is 1. The van der Waals surface area contributed by atoms with Crippen molar-refractivity contribution in [1.29, 1.82) is 0 Å². The minimum absolute atomic E-state index is 0.00184. The van der Waals surface area contributed by atoms with Gasteiger partial charge in [0.15, 0.2) is 0 Å². The third-order valence-corrected chi connectivity index (χ3v) is 5.76. The second-order valence-corrected chi connectivity index (χ2v) is 8.51. The zero-order valence-electron chi connectivity index (χ0n) is 14.6. The van der Waals surface area contributed by atoms with Crippen LogP contribution in [-0.2, 0) is 10.0 Å². The van der Waals surface area contributed by atoms with Crippen molar-refractivity contribution in [2.24, 2.45) is 0 Å². The molecule has 9 heteroatoms. The fourth-order valence-corrected chi connectivity index (χ4v) is 4.13. The third-order valence-electron chi connectivity index (χ3n) is 3.80. The predicted molar refractivity (Wildman–Crippen MR) is 108 cm³/mol. The maximum absolute atomic E-state index is 13.0. The van der Waals surface area contributed by atoms with Crippen molar-refractivity contribution in [2.75, 3.05) is 10.0 Å². The first-order valence-corrected chi connectivity index (χ1v) is 10.3. The van der Waals surface area contributed by atoms with Crippen LogP contribution in [0.1, 0.15) is 15.9 Å². The molecule has 0 saturated heterocycles. The van der Waals surface area contributed by atoms with E-state index < -0.39 is 21.7 Å². The summed E-state index contributed by atoms with van der Waals surface area (Å²) in [6.07, 6.45) is 2.95. The maximum atomic E-state index is 13.0. The Kier molecular flexibility index (Phi) is 5.76. The number of carbonyl (C=O) groups is 1. The van der Waals surface area contributed by atoms with Gasteiger partial charge in [0.1, 0.15) is 5.82 Å². The summed E-state index contributed by atoms with van der Waals surface area (Å²) in [5, 5.41) is 2.65. The predicted octanol–water partition coefficient (Wildman–Crippen LogP) is 4.34. The van der Waals surface area contributed by atoms with E-state index in [1.165, 1.54) is 24.4 Å². The molecule has 3 rings (SSSR count). The van der Waals surface area contributed by atoms with Gasteiger partial charge in [0.05, 0.1) is 10.5 Å². The molecule has 1 amide bonds. The van der Waals surface area contributed by atoms with E-state index in [4.69, 9.17) is 0 Å². The summed E-state index contributed by atoms with van der Waals surface area (Å²) in [6, 6.07) is 11.1. The van der Waals surface area contributed by atoms with Crippen LogP contribution in [0.2, 0.25) is 0 Å². The normalized spacial score (nSPS) is 11.1. The highest BCUT2D eigenvalue weighted by Gasteiger charge is 2.18. The highest BCUT2D eigenvalue weighted by Crippen LogP contribution is 2.23. The van der Waals surface area contributed by atoms with Crippen LogP contribution in [0.15, 0.2) is 70.3 Å². The van der Waals surface area contributed by atoms with Gasteiger partial charge in [0, 0.05) is 28.2 Å². The molecule has 0 fully saturated rings. The van der Waals surface area contributed by atoms with Crippen molar-refractivity contribution < 1.29 is 17.6 Å². The lowest BCUT2D eigenvalue weighted by molar-refractivity contribution is 0.102. The van der Waals surface area contributed by atoms with Crippen molar-refractivity contribution in [2.45, 2.75) is 11.8 Å². The first-order chi connectivity index (χ1) is 13.2. The van der Waals surface area contributed by atoms with Gasteiger partial charge in [-0.25, -0.2) is 12.8 Å². The van der Waals surface area contributed by atoms with Gasteiger partial charge in [-0.05, 0) is 70.9 Å². The Morgan fingerprint density at radius 2 is 1.71 bits per heavy atom. The Balaban J connectivity index is 1.86. The van der Waals surface area contributed by atoms with Gasteiger partial charge in [-0.3, -0.25) is 14.5 Å². The molecule has 28 heavy (non-hydrogen) atoms. The fraction of sp³-hybridized carbons (Fsp3) is 0.0526. The highest BCUT2D eigenvalue weighted by atomic mass is 79.9. The van der Waals surface area contributed by atoms with E-state index in [0.717, 1.165) is 12.1 Å². The molecule has 0 aliphatic heterocycles. The molecule has 2 aromatic carbocycles. The fourth-order valence-electron chi connectivity index (χ4n) is 2.43. The lowest BCUT2D eigenvalue weighted by Crippen LogP contribution is -2.16. The number of hydrogen-bond donors (Lipinski definition) is 2. The number of sulfonamides is 1. The van der Waals surface area contributed by atoms with E-state index >= 15 is 0 Å². The van der Waals surface area contributed by atoms with Gasteiger partial charge in [-0.1, -0.05) is 6.07 Å². The van der Waals surface area contributed by atoms with Gasteiger partial charge < -0.3 is 5.32 Å². The number of pyridine rings is 1. The molecule has 1 heterocycles. The maximum Gasteiger partial charge on any atom is 0.262 e. The first-order valence-electron chi connectivity index (χ1n) is 8.05. The SMILES string of the molecule is Cc1ccc(NC(=O)c2cncc(Br)c2)cc1S(=O)(=O)Nc1ccc(F)cc1. The number of aromatic nitrogens is 1. The number of amides is 1. The summed E-state index contributed by atoms with van der Waals surface area (Å²) < 4.78 is 41.5. The molecule has 144 valence electrons. The number of rotatable bonds is 5. The molecule has 0 radical (unpaired) electrons. The number of nitrogens with one attached hydrogen (secondary N) is 2. The highest BCUT2D eigenvalue weighted by molar-refractivity contribution is 9.10. The second-order valence-electron chi connectivity index (χ2n) is 5.94.